The number of likely N-dealkylation sites (N-methyl/N-ethyl adjacent to an activating group) is 1. The number of rotatable bonds is 9. The molecule has 1 unspecified atom stereocenters. The number of amides is 2. The van der Waals surface area contributed by atoms with Gasteiger partial charge in [-0.3, -0.25) is 9.59 Å². The molecule has 0 bridgehead atoms. The lowest BCUT2D eigenvalue weighted by atomic mass is 10.2. The molecule has 1 heterocycles. The maximum atomic E-state index is 12.2. The summed E-state index contributed by atoms with van der Waals surface area (Å²) in [6.45, 7) is 9.92. The Morgan fingerprint density at radius 3 is 2.52 bits per heavy atom. The Morgan fingerprint density at radius 1 is 1.19 bits per heavy atom. The van der Waals surface area contributed by atoms with Crippen molar-refractivity contribution in [3.8, 4) is 0 Å². The van der Waals surface area contributed by atoms with Crippen LogP contribution in [0, 0.1) is 6.92 Å². The molecule has 1 aromatic heterocycles. The molecule has 6 nitrogen and oxygen atoms in total. The van der Waals surface area contributed by atoms with E-state index in [2.05, 4.69) is 22.5 Å². The lowest BCUT2D eigenvalue weighted by Crippen LogP contribution is -3.11. The van der Waals surface area contributed by atoms with E-state index in [1.54, 1.807) is 0 Å². The maximum Gasteiger partial charge on any atom is 0.275 e. The fourth-order valence-corrected chi connectivity index (χ4v) is 3.45. The second-order valence-electron chi connectivity index (χ2n) is 7.00. The smallest absolute Gasteiger partial charge is 0.275 e. The molecule has 0 saturated carbocycles. The van der Waals surface area contributed by atoms with E-state index in [-0.39, 0.29) is 24.3 Å². The fraction of sp³-hybridized carbons (Fsp3) is 0.450. The van der Waals surface area contributed by atoms with Crippen LogP contribution >= 0.6 is 11.3 Å². The van der Waals surface area contributed by atoms with Crippen molar-refractivity contribution in [1.29, 1.82) is 0 Å². The number of benzene rings is 1. The van der Waals surface area contributed by atoms with E-state index in [0.29, 0.717) is 13.1 Å². The molecule has 27 heavy (non-hydrogen) atoms. The van der Waals surface area contributed by atoms with Crippen LogP contribution in [0.3, 0.4) is 0 Å². The number of hydrogen-bond donors (Lipinski definition) is 3. The van der Waals surface area contributed by atoms with Crippen LogP contribution in [-0.4, -0.2) is 35.9 Å². The first-order chi connectivity index (χ1) is 12.9. The molecule has 3 N–H and O–H groups in total. The van der Waals surface area contributed by atoms with Gasteiger partial charge in [0, 0.05) is 17.1 Å². The number of thiazole rings is 1. The summed E-state index contributed by atoms with van der Waals surface area (Å²) in [5.41, 5.74) is 2.87. The second kappa shape index (κ2) is 10.2. The number of carbonyl (C=O) groups excluding carboxylic acids is 2. The van der Waals surface area contributed by atoms with E-state index in [1.807, 2.05) is 50.4 Å². The van der Waals surface area contributed by atoms with Gasteiger partial charge < -0.3 is 15.5 Å². The zero-order chi connectivity index (χ0) is 19.8. The highest BCUT2D eigenvalue weighted by molar-refractivity contribution is 7.09. The Kier molecular flexibility index (Phi) is 7.94. The largest absolute Gasteiger partial charge is 0.349 e. The summed E-state index contributed by atoms with van der Waals surface area (Å²) >= 11 is 1.49. The van der Waals surface area contributed by atoms with Gasteiger partial charge in [0.15, 0.2) is 6.54 Å². The summed E-state index contributed by atoms with van der Waals surface area (Å²) in [6.07, 6.45) is 0.258. The molecule has 2 amide bonds. The SMILES string of the molecule is CC[NH+](CC(=O)NC(C)C)Cc1csc(CC(=O)Nc2ccc(C)cc2)n1. The van der Waals surface area contributed by atoms with Crippen LogP contribution < -0.4 is 15.5 Å². The molecule has 7 heteroatoms. The first-order valence-electron chi connectivity index (χ1n) is 9.28. The van der Waals surface area contributed by atoms with E-state index >= 15 is 0 Å². The van der Waals surface area contributed by atoms with Crippen LogP contribution in [-0.2, 0) is 22.6 Å². The molecule has 146 valence electrons. The van der Waals surface area contributed by atoms with Gasteiger partial charge in [0.1, 0.15) is 17.2 Å². The van der Waals surface area contributed by atoms with Crippen molar-refractivity contribution in [3.63, 3.8) is 0 Å². The predicted octanol–water partition coefficient (Wildman–Crippen LogP) is 1.56. The van der Waals surface area contributed by atoms with Crippen LogP contribution in [0.25, 0.3) is 0 Å². The molecule has 0 aliphatic heterocycles. The fourth-order valence-electron chi connectivity index (χ4n) is 2.66. The molecule has 1 atom stereocenters. The van der Waals surface area contributed by atoms with Crippen molar-refractivity contribution in [2.24, 2.45) is 0 Å². The molecule has 0 aliphatic carbocycles. The Hall–Kier alpha value is -2.25. The highest BCUT2D eigenvalue weighted by atomic mass is 32.1. The van der Waals surface area contributed by atoms with E-state index in [4.69, 9.17) is 0 Å². The molecular weight excluding hydrogens is 360 g/mol. The minimum absolute atomic E-state index is 0.0507. The van der Waals surface area contributed by atoms with E-state index in [1.165, 1.54) is 11.3 Å². The molecular formula is C20H29N4O2S+. The molecule has 1 aromatic carbocycles. The van der Waals surface area contributed by atoms with Gasteiger partial charge in [-0.2, -0.15) is 0 Å². The number of quaternary nitrogens is 1. The third-order valence-electron chi connectivity index (χ3n) is 4.04. The molecule has 2 aromatic rings. The van der Waals surface area contributed by atoms with E-state index in [9.17, 15) is 9.59 Å². The van der Waals surface area contributed by atoms with Crippen LogP contribution in [0.15, 0.2) is 29.6 Å². The number of aromatic nitrogens is 1. The van der Waals surface area contributed by atoms with Gasteiger partial charge in [0.05, 0.1) is 13.0 Å². The summed E-state index contributed by atoms with van der Waals surface area (Å²) in [5, 5.41) is 8.58. The Morgan fingerprint density at radius 2 is 1.89 bits per heavy atom. The summed E-state index contributed by atoms with van der Waals surface area (Å²) in [4.78, 5) is 29.9. The first-order valence-corrected chi connectivity index (χ1v) is 10.2. The van der Waals surface area contributed by atoms with Gasteiger partial charge in [0.25, 0.3) is 5.91 Å². The molecule has 0 saturated heterocycles. The van der Waals surface area contributed by atoms with Crippen molar-refractivity contribution in [2.45, 2.75) is 46.7 Å². The molecule has 0 spiro atoms. The molecule has 2 rings (SSSR count). The highest BCUT2D eigenvalue weighted by Crippen LogP contribution is 2.12. The van der Waals surface area contributed by atoms with Crippen LogP contribution in [0.2, 0.25) is 0 Å². The Balaban J connectivity index is 1.86. The third kappa shape index (κ3) is 7.48. The lowest BCUT2D eigenvalue weighted by molar-refractivity contribution is -0.904. The summed E-state index contributed by atoms with van der Waals surface area (Å²) in [7, 11) is 0. The minimum Gasteiger partial charge on any atom is -0.349 e. The number of nitrogens with zero attached hydrogens (tertiary/aromatic N) is 1. The number of aryl methyl sites for hydroxylation is 1. The van der Waals surface area contributed by atoms with Crippen LogP contribution in [0.4, 0.5) is 5.69 Å². The monoisotopic (exact) mass is 389 g/mol. The standard InChI is InChI=1S/C20H28N4O2S/c1-5-24(12-19(26)21-14(2)3)11-17-13-27-20(23-17)10-18(25)22-16-8-6-15(4)7-9-16/h6-9,13-14H,5,10-12H2,1-4H3,(H,21,26)(H,22,25)/p+1. The first kappa shape index (κ1) is 21.1. The molecule has 0 aliphatic rings. The van der Waals surface area contributed by atoms with E-state index in [0.717, 1.165) is 33.4 Å². The number of carbonyl (C=O) groups is 2. The highest BCUT2D eigenvalue weighted by Gasteiger charge is 2.16. The second-order valence-corrected chi connectivity index (χ2v) is 7.95. The average Bonchev–Trinajstić information content (AvgIpc) is 3.02. The summed E-state index contributed by atoms with van der Waals surface area (Å²) in [5.74, 6) is -0.0227. The predicted molar refractivity (Wildman–Crippen MR) is 109 cm³/mol. The van der Waals surface area contributed by atoms with E-state index < -0.39 is 0 Å². The molecule has 0 fully saturated rings. The van der Waals surface area contributed by atoms with Gasteiger partial charge in [-0.25, -0.2) is 4.98 Å². The number of hydrogen-bond acceptors (Lipinski definition) is 4. The van der Waals surface area contributed by atoms with Crippen molar-refractivity contribution in [1.82, 2.24) is 10.3 Å². The Bertz CT molecular complexity index is 756. The van der Waals surface area contributed by atoms with Crippen molar-refractivity contribution >= 4 is 28.8 Å². The quantitative estimate of drug-likeness (QED) is 0.609. The maximum absolute atomic E-state index is 12.2. The zero-order valence-corrected chi connectivity index (χ0v) is 17.3. The zero-order valence-electron chi connectivity index (χ0n) is 16.5. The summed E-state index contributed by atoms with van der Waals surface area (Å²) in [6, 6.07) is 7.87. The van der Waals surface area contributed by atoms with Crippen molar-refractivity contribution in [3.05, 3.63) is 45.9 Å². The van der Waals surface area contributed by atoms with Gasteiger partial charge in [-0.15, -0.1) is 11.3 Å². The normalized spacial score (nSPS) is 12.0. The minimum atomic E-state index is -0.0734. The lowest BCUT2D eigenvalue weighted by Gasteiger charge is -2.17. The number of anilines is 1. The van der Waals surface area contributed by atoms with Gasteiger partial charge in [0.2, 0.25) is 5.91 Å². The average molecular weight is 390 g/mol. The van der Waals surface area contributed by atoms with Crippen LogP contribution in [0.1, 0.15) is 37.0 Å². The number of nitrogens with one attached hydrogen (secondary N) is 3. The van der Waals surface area contributed by atoms with Gasteiger partial charge in [-0.05, 0) is 39.8 Å². The van der Waals surface area contributed by atoms with Crippen molar-refractivity contribution in [2.75, 3.05) is 18.4 Å². The van der Waals surface area contributed by atoms with Gasteiger partial charge in [-0.1, -0.05) is 17.7 Å². The topological polar surface area (TPSA) is 75.5 Å². The van der Waals surface area contributed by atoms with Crippen molar-refractivity contribution < 1.29 is 14.5 Å². The van der Waals surface area contributed by atoms with Gasteiger partial charge >= 0.3 is 0 Å². The van der Waals surface area contributed by atoms with Crippen LogP contribution in [0.5, 0.6) is 0 Å². The Labute approximate surface area is 165 Å². The summed E-state index contributed by atoms with van der Waals surface area (Å²) < 4.78 is 0. The molecule has 0 radical (unpaired) electrons. The third-order valence-corrected chi connectivity index (χ3v) is 4.94.